The average Bonchev–Trinajstić information content (AvgIpc) is 2.64. The van der Waals surface area contributed by atoms with Crippen LogP contribution in [-0.2, 0) is 4.84 Å². The van der Waals surface area contributed by atoms with Gasteiger partial charge in [0.05, 0.1) is 16.9 Å². The quantitative estimate of drug-likeness (QED) is 0.828. The predicted molar refractivity (Wildman–Crippen MR) is 70.9 cm³/mol. The van der Waals surface area contributed by atoms with Gasteiger partial charge in [-0.25, -0.2) is 0 Å². The summed E-state index contributed by atoms with van der Waals surface area (Å²) in [6.45, 7) is 7.38. The molecule has 4 heteroatoms. The Bertz CT molecular complexity index is 338. The number of hydrogen-bond acceptors (Lipinski definition) is 4. The third-order valence-corrected chi connectivity index (χ3v) is 4.90. The average molecular weight is 257 g/mol. The Balaban J connectivity index is 1.95. The lowest BCUT2D eigenvalue weighted by Gasteiger charge is -2.27. The molecule has 0 radical (unpaired) electrons. The van der Waals surface area contributed by atoms with E-state index in [2.05, 4.69) is 37.7 Å². The van der Waals surface area contributed by atoms with Crippen molar-refractivity contribution in [1.29, 1.82) is 0 Å². The molecule has 0 spiro atoms. The fourth-order valence-corrected chi connectivity index (χ4v) is 4.34. The number of nitrogens with one attached hydrogen (secondary N) is 1. The first kappa shape index (κ1) is 12.4. The Morgan fingerprint density at radius 1 is 1.56 bits per heavy atom. The summed E-state index contributed by atoms with van der Waals surface area (Å²) in [7, 11) is 0. The molecule has 0 bridgehead atoms. The molecule has 0 saturated heterocycles. The van der Waals surface area contributed by atoms with E-state index in [1.807, 2.05) is 23.1 Å². The van der Waals surface area contributed by atoms with E-state index in [4.69, 9.17) is 4.84 Å². The highest BCUT2D eigenvalue weighted by Gasteiger charge is 2.26. The topological polar surface area (TPSA) is 21.3 Å². The smallest absolute Gasteiger partial charge is 0.0705 e. The second-order valence-electron chi connectivity index (χ2n) is 4.70. The highest BCUT2D eigenvalue weighted by molar-refractivity contribution is 8.01. The van der Waals surface area contributed by atoms with Gasteiger partial charge in [0.1, 0.15) is 0 Å². The molecule has 2 rings (SSSR count). The summed E-state index contributed by atoms with van der Waals surface area (Å²) in [5.41, 5.74) is 4.63. The van der Waals surface area contributed by atoms with Crippen molar-refractivity contribution in [2.75, 3.05) is 6.61 Å². The molecule has 2 heterocycles. The Morgan fingerprint density at radius 2 is 2.38 bits per heavy atom. The van der Waals surface area contributed by atoms with E-state index in [9.17, 15) is 0 Å². The zero-order valence-electron chi connectivity index (χ0n) is 10.0. The molecule has 2 nitrogen and oxygen atoms in total. The van der Waals surface area contributed by atoms with Crippen molar-refractivity contribution in [1.82, 2.24) is 5.48 Å². The van der Waals surface area contributed by atoms with Crippen LogP contribution in [0.3, 0.4) is 0 Å². The first-order valence-corrected chi connectivity index (χ1v) is 7.54. The van der Waals surface area contributed by atoms with Gasteiger partial charge < -0.3 is 4.84 Å². The van der Waals surface area contributed by atoms with Crippen molar-refractivity contribution in [3.05, 3.63) is 17.0 Å². The second-order valence-corrected chi connectivity index (χ2v) is 7.33. The van der Waals surface area contributed by atoms with E-state index in [0.29, 0.717) is 17.2 Å². The molecule has 1 N–H and O–H groups in total. The van der Waals surface area contributed by atoms with Gasteiger partial charge in [0.15, 0.2) is 0 Å². The minimum absolute atomic E-state index is 0.372. The van der Waals surface area contributed by atoms with E-state index in [0.717, 1.165) is 13.0 Å². The molecule has 16 heavy (non-hydrogen) atoms. The number of hydrogen-bond donors (Lipinski definition) is 1. The molecule has 2 atom stereocenters. The summed E-state index contributed by atoms with van der Waals surface area (Å²) < 4.78 is 1.45. The third kappa shape index (κ3) is 3.00. The van der Waals surface area contributed by atoms with Crippen LogP contribution < -0.4 is 5.48 Å². The van der Waals surface area contributed by atoms with Crippen LogP contribution in [0.25, 0.3) is 0 Å². The second kappa shape index (κ2) is 5.54. The van der Waals surface area contributed by atoms with Crippen LogP contribution in [0.2, 0.25) is 0 Å². The van der Waals surface area contributed by atoms with Gasteiger partial charge in [0.25, 0.3) is 0 Å². The summed E-state index contributed by atoms with van der Waals surface area (Å²) in [6.07, 6.45) is 1.15. The van der Waals surface area contributed by atoms with Crippen molar-refractivity contribution in [2.24, 2.45) is 5.92 Å². The molecule has 1 aromatic heterocycles. The maximum Gasteiger partial charge on any atom is 0.0705 e. The van der Waals surface area contributed by atoms with Crippen molar-refractivity contribution in [2.45, 2.75) is 42.7 Å². The molecule has 1 aliphatic heterocycles. The molecule has 0 aromatic carbocycles. The van der Waals surface area contributed by atoms with Crippen molar-refractivity contribution < 1.29 is 4.84 Å². The number of thiophene rings is 1. The Kier molecular flexibility index (Phi) is 4.30. The van der Waals surface area contributed by atoms with Gasteiger partial charge in [-0.15, -0.1) is 23.1 Å². The maximum absolute atomic E-state index is 5.55. The lowest BCUT2D eigenvalue weighted by Crippen LogP contribution is -2.27. The minimum Gasteiger partial charge on any atom is -0.301 e. The normalized spacial score (nSPS) is 24.8. The standard InChI is InChI=1S/C12H19NOS2/c1-8(2)7-14-13-11-6-9(3)16-12-10(11)4-5-15-12/h4-5,8-9,11,13H,6-7H2,1-3H3/t9-,11?/m0/s1. The predicted octanol–water partition coefficient (Wildman–Crippen LogP) is 3.85. The number of thioether (sulfide) groups is 1. The molecule has 1 aromatic rings. The highest BCUT2D eigenvalue weighted by Crippen LogP contribution is 2.43. The molecular weight excluding hydrogens is 238 g/mol. The van der Waals surface area contributed by atoms with Crippen molar-refractivity contribution >= 4 is 23.1 Å². The molecule has 1 unspecified atom stereocenters. The molecule has 0 saturated carbocycles. The van der Waals surface area contributed by atoms with Crippen LogP contribution in [0.1, 0.15) is 38.8 Å². The summed E-state index contributed by atoms with van der Waals surface area (Å²) in [4.78, 5) is 5.55. The van der Waals surface area contributed by atoms with E-state index in [-0.39, 0.29) is 0 Å². The maximum atomic E-state index is 5.55. The summed E-state index contributed by atoms with van der Waals surface area (Å²) in [5.74, 6) is 0.574. The zero-order chi connectivity index (χ0) is 11.5. The first-order chi connectivity index (χ1) is 7.66. The molecule has 0 amide bonds. The van der Waals surface area contributed by atoms with Gasteiger partial charge in [-0.3, -0.25) is 0 Å². The molecule has 0 fully saturated rings. The zero-order valence-corrected chi connectivity index (χ0v) is 11.7. The molecule has 90 valence electrons. The largest absolute Gasteiger partial charge is 0.301 e. The van der Waals surface area contributed by atoms with Gasteiger partial charge in [0, 0.05) is 5.25 Å². The highest BCUT2D eigenvalue weighted by atomic mass is 32.2. The van der Waals surface area contributed by atoms with Crippen LogP contribution >= 0.6 is 23.1 Å². The van der Waals surface area contributed by atoms with E-state index >= 15 is 0 Å². The van der Waals surface area contributed by atoms with Gasteiger partial charge >= 0.3 is 0 Å². The van der Waals surface area contributed by atoms with Crippen LogP contribution in [0, 0.1) is 5.92 Å². The van der Waals surface area contributed by atoms with Crippen molar-refractivity contribution in [3.8, 4) is 0 Å². The summed E-state index contributed by atoms with van der Waals surface area (Å²) >= 11 is 3.83. The SMILES string of the molecule is CC(C)CONC1C[C@H](C)Sc2sccc21. The Morgan fingerprint density at radius 3 is 3.12 bits per heavy atom. The van der Waals surface area contributed by atoms with E-state index in [1.54, 1.807) is 0 Å². The molecule has 1 aliphatic rings. The van der Waals surface area contributed by atoms with Crippen LogP contribution in [0.5, 0.6) is 0 Å². The fraction of sp³-hybridized carbons (Fsp3) is 0.667. The van der Waals surface area contributed by atoms with Crippen LogP contribution in [0.4, 0.5) is 0 Å². The third-order valence-electron chi connectivity index (χ3n) is 2.55. The summed E-state index contributed by atoms with van der Waals surface area (Å²) in [6, 6.07) is 2.59. The monoisotopic (exact) mass is 257 g/mol. The fourth-order valence-electron chi connectivity index (χ4n) is 1.78. The van der Waals surface area contributed by atoms with Crippen molar-refractivity contribution in [3.63, 3.8) is 0 Å². The lowest BCUT2D eigenvalue weighted by atomic mass is 10.1. The van der Waals surface area contributed by atoms with E-state index in [1.165, 1.54) is 9.77 Å². The molecule has 0 aliphatic carbocycles. The Labute approximate surface area is 106 Å². The number of fused-ring (bicyclic) bond motifs is 1. The number of hydroxylamine groups is 1. The van der Waals surface area contributed by atoms with Crippen LogP contribution in [0.15, 0.2) is 15.7 Å². The molecular formula is C12H19NOS2. The van der Waals surface area contributed by atoms with Gasteiger partial charge in [-0.1, -0.05) is 20.8 Å². The first-order valence-electron chi connectivity index (χ1n) is 5.78. The Hall–Kier alpha value is -0.0300. The van der Waals surface area contributed by atoms with Gasteiger partial charge in [-0.2, -0.15) is 5.48 Å². The lowest BCUT2D eigenvalue weighted by molar-refractivity contribution is -0.00223. The van der Waals surface area contributed by atoms with Crippen LogP contribution in [-0.4, -0.2) is 11.9 Å². The van der Waals surface area contributed by atoms with Gasteiger partial charge in [0.2, 0.25) is 0 Å². The van der Waals surface area contributed by atoms with E-state index < -0.39 is 0 Å². The van der Waals surface area contributed by atoms with Gasteiger partial charge in [-0.05, 0) is 29.3 Å². The summed E-state index contributed by atoms with van der Waals surface area (Å²) in [5, 5.41) is 2.85. The number of rotatable bonds is 4. The minimum atomic E-state index is 0.372.